The first kappa shape index (κ1) is 21.4. The van der Waals surface area contributed by atoms with Crippen LogP contribution < -0.4 is 4.74 Å². The summed E-state index contributed by atoms with van der Waals surface area (Å²) in [5, 5.41) is 4.77. The largest absolute Gasteiger partial charge is 0.461 e. The lowest BCUT2D eigenvalue weighted by Gasteiger charge is -2.20. The zero-order chi connectivity index (χ0) is 22.2. The Bertz CT molecular complexity index is 1100. The van der Waals surface area contributed by atoms with Crippen molar-refractivity contribution in [1.29, 1.82) is 0 Å². The van der Waals surface area contributed by atoms with Crippen molar-refractivity contribution in [2.75, 3.05) is 13.2 Å². The van der Waals surface area contributed by atoms with Crippen LogP contribution in [0.2, 0.25) is 0 Å². The highest BCUT2D eigenvalue weighted by Crippen LogP contribution is 2.34. The zero-order valence-corrected chi connectivity index (χ0v) is 18.4. The number of hydrogen-bond donors (Lipinski definition) is 0. The van der Waals surface area contributed by atoms with Gasteiger partial charge in [0.1, 0.15) is 17.0 Å². The number of aromatic nitrogens is 3. The SMILES string of the molecule is CC(F)Oc1cccc(-c2nn(C(C)C)c3cc(C(=O)C[C@]4(C)CCOC4)cnc23)c1. The van der Waals surface area contributed by atoms with Gasteiger partial charge in [-0.3, -0.25) is 14.5 Å². The van der Waals surface area contributed by atoms with Gasteiger partial charge in [-0.25, -0.2) is 4.39 Å². The molecule has 0 bridgehead atoms. The van der Waals surface area contributed by atoms with Gasteiger partial charge in [-0.1, -0.05) is 19.1 Å². The maximum atomic E-state index is 13.3. The number of pyridine rings is 1. The summed E-state index contributed by atoms with van der Waals surface area (Å²) >= 11 is 0. The highest BCUT2D eigenvalue weighted by molar-refractivity contribution is 6.00. The fourth-order valence-corrected chi connectivity index (χ4v) is 4.00. The summed E-state index contributed by atoms with van der Waals surface area (Å²) in [4.78, 5) is 17.6. The monoisotopic (exact) mass is 425 g/mol. The number of carbonyl (C=O) groups excluding carboxylic acids is 1. The molecule has 2 atom stereocenters. The summed E-state index contributed by atoms with van der Waals surface area (Å²) < 4.78 is 25.8. The van der Waals surface area contributed by atoms with Crippen LogP contribution in [-0.4, -0.2) is 40.1 Å². The predicted molar refractivity (Wildman–Crippen MR) is 117 cm³/mol. The fourth-order valence-electron chi connectivity index (χ4n) is 4.00. The van der Waals surface area contributed by atoms with Crippen LogP contribution in [0.25, 0.3) is 22.3 Å². The Morgan fingerprint density at radius 3 is 2.81 bits per heavy atom. The number of Topliss-reactive ketones (excluding diaryl/α,β-unsaturated/α-hetero) is 1. The van der Waals surface area contributed by atoms with E-state index in [-0.39, 0.29) is 17.2 Å². The topological polar surface area (TPSA) is 66.2 Å². The van der Waals surface area contributed by atoms with Crippen LogP contribution >= 0.6 is 0 Å². The second-order valence-electron chi connectivity index (χ2n) is 8.88. The number of halogens is 1. The molecule has 0 saturated carbocycles. The minimum atomic E-state index is -1.40. The van der Waals surface area contributed by atoms with Gasteiger partial charge in [0.25, 0.3) is 0 Å². The lowest BCUT2D eigenvalue weighted by atomic mass is 9.83. The summed E-state index contributed by atoms with van der Waals surface area (Å²) in [7, 11) is 0. The minimum absolute atomic E-state index is 0.0628. The van der Waals surface area contributed by atoms with Crippen molar-refractivity contribution in [3.05, 3.63) is 42.1 Å². The van der Waals surface area contributed by atoms with Gasteiger partial charge >= 0.3 is 0 Å². The molecule has 6 nitrogen and oxygen atoms in total. The van der Waals surface area contributed by atoms with Crippen LogP contribution in [0.15, 0.2) is 36.5 Å². The van der Waals surface area contributed by atoms with E-state index >= 15 is 0 Å². The Morgan fingerprint density at radius 1 is 1.32 bits per heavy atom. The highest BCUT2D eigenvalue weighted by atomic mass is 19.1. The molecule has 1 aromatic carbocycles. The van der Waals surface area contributed by atoms with Gasteiger partial charge in [0.05, 0.1) is 12.1 Å². The molecule has 1 saturated heterocycles. The van der Waals surface area contributed by atoms with Crippen LogP contribution in [0, 0.1) is 5.41 Å². The summed E-state index contributed by atoms with van der Waals surface area (Å²) in [5.74, 6) is 0.492. The molecule has 0 radical (unpaired) electrons. The Hall–Kier alpha value is -2.80. The smallest absolute Gasteiger partial charge is 0.235 e. The Morgan fingerprint density at radius 2 is 2.13 bits per heavy atom. The first-order chi connectivity index (χ1) is 14.8. The van der Waals surface area contributed by atoms with E-state index in [1.54, 1.807) is 24.4 Å². The number of carbonyl (C=O) groups is 1. The van der Waals surface area contributed by atoms with Crippen LogP contribution in [0.5, 0.6) is 5.75 Å². The van der Waals surface area contributed by atoms with Crippen molar-refractivity contribution in [1.82, 2.24) is 14.8 Å². The number of ether oxygens (including phenoxy) is 2. The molecule has 1 fully saturated rings. The molecule has 1 aliphatic rings. The van der Waals surface area contributed by atoms with Gasteiger partial charge in [-0.2, -0.15) is 5.10 Å². The third kappa shape index (κ3) is 4.46. The van der Waals surface area contributed by atoms with Crippen molar-refractivity contribution < 1.29 is 18.7 Å². The third-order valence-corrected chi connectivity index (χ3v) is 5.65. The van der Waals surface area contributed by atoms with E-state index in [2.05, 4.69) is 11.9 Å². The summed E-state index contributed by atoms with van der Waals surface area (Å²) in [6, 6.07) is 9.11. The zero-order valence-electron chi connectivity index (χ0n) is 18.4. The van der Waals surface area contributed by atoms with E-state index in [0.29, 0.717) is 42.2 Å². The van der Waals surface area contributed by atoms with Crippen LogP contribution in [-0.2, 0) is 4.74 Å². The number of rotatable bonds is 7. The highest BCUT2D eigenvalue weighted by Gasteiger charge is 2.32. The summed E-state index contributed by atoms with van der Waals surface area (Å²) in [5.41, 5.74) is 3.42. The molecule has 1 aliphatic heterocycles. The molecule has 164 valence electrons. The summed E-state index contributed by atoms with van der Waals surface area (Å²) in [6.45, 7) is 8.81. The lowest BCUT2D eigenvalue weighted by Crippen LogP contribution is -2.21. The van der Waals surface area contributed by atoms with E-state index < -0.39 is 6.36 Å². The fraction of sp³-hybridized carbons (Fsp3) is 0.458. The standard InChI is InChI=1S/C24H28FN3O3/c1-15(2)28-20-11-18(21(29)12-24(4)8-9-30-14-24)13-26-23(20)22(27-28)17-6-5-7-19(10-17)31-16(3)25/h5-7,10-11,13,15-16H,8-9,12,14H2,1-4H3/t16?,24-/m0/s1. The van der Waals surface area contributed by atoms with E-state index in [4.69, 9.17) is 14.6 Å². The van der Waals surface area contributed by atoms with Gasteiger partial charge in [-0.15, -0.1) is 0 Å². The lowest BCUT2D eigenvalue weighted by molar-refractivity contribution is 0.0860. The molecule has 0 amide bonds. The molecule has 3 aromatic rings. The van der Waals surface area contributed by atoms with Crippen LogP contribution in [0.1, 0.15) is 56.9 Å². The minimum Gasteiger partial charge on any atom is -0.461 e. The number of hydrogen-bond acceptors (Lipinski definition) is 5. The van der Waals surface area contributed by atoms with Crippen molar-refractivity contribution >= 4 is 16.8 Å². The third-order valence-electron chi connectivity index (χ3n) is 5.65. The molecule has 31 heavy (non-hydrogen) atoms. The molecule has 4 rings (SSSR count). The second kappa shape index (κ2) is 8.38. The maximum absolute atomic E-state index is 13.3. The molecule has 0 N–H and O–H groups in total. The van der Waals surface area contributed by atoms with Gasteiger partial charge in [0.15, 0.2) is 5.78 Å². The quantitative estimate of drug-likeness (QED) is 0.476. The number of nitrogens with zero attached hydrogens (tertiary/aromatic N) is 3. The number of fused-ring (bicyclic) bond motifs is 1. The van der Waals surface area contributed by atoms with E-state index in [1.165, 1.54) is 6.92 Å². The molecular weight excluding hydrogens is 397 g/mol. The summed E-state index contributed by atoms with van der Waals surface area (Å²) in [6.07, 6.45) is 1.55. The Balaban J connectivity index is 1.73. The van der Waals surface area contributed by atoms with Crippen molar-refractivity contribution in [2.24, 2.45) is 5.41 Å². The molecule has 1 unspecified atom stereocenters. The van der Waals surface area contributed by atoms with E-state index in [1.807, 2.05) is 30.7 Å². The Labute approximate surface area is 181 Å². The first-order valence-corrected chi connectivity index (χ1v) is 10.7. The average Bonchev–Trinajstić information content (AvgIpc) is 3.31. The number of alkyl halides is 1. The van der Waals surface area contributed by atoms with Gasteiger partial charge in [0, 0.05) is 48.7 Å². The molecule has 3 heterocycles. The second-order valence-corrected chi connectivity index (χ2v) is 8.88. The van der Waals surface area contributed by atoms with Crippen LogP contribution in [0.4, 0.5) is 4.39 Å². The maximum Gasteiger partial charge on any atom is 0.235 e. The number of ketones is 1. The van der Waals surface area contributed by atoms with Gasteiger partial charge in [0.2, 0.25) is 6.36 Å². The molecule has 7 heteroatoms. The van der Waals surface area contributed by atoms with E-state index in [9.17, 15) is 9.18 Å². The molecule has 0 spiro atoms. The van der Waals surface area contributed by atoms with E-state index in [0.717, 1.165) is 17.5 Å². The number of benzene rings is 1. The molecule has 2 aromatic heterocycles. The molecular formula is C24H28FN3O3. The van der Waals surface area contributed by atoms with Crippen LogP contribution in [0.3, 0.4) is 0 Å². The van der Waals surface area contributed by atoms with Crippen molar-refractivity contribution in [3.63, 3.8) is 0 Å². The first-order valence-electron chi connectivity index (χ1n) is 10.7. The van der Waals surface area contributed by atoms with Crippen molar-refractivity contribution in [2.45, 2.75) is 52.9 Å². The normalized spacial score (nSPS) is 19.8. The average molecular weight is 426 g/mol. The van der Waals surface area contributed by atoms with Crippen molar-refractivity contribution in [3.8, 4) is 17.0 Å². The predicted octanol–water partition coefficient (Wildman–Crippen LogP) is 5.37. The Kier molecular flexibility index (Phi) is 5.79. The van der Waals surface area contributed by atoms with Gasteiger partial charge < -0.3 is 9.47 Å². The van der Waals surface area contributed by atoms with Gasteiger partial charge in [-0.05, 0) is 38.5 Å². The molecule has 0 aliphatic carbocycles.